The van der Waals surface area contributed by atoms with Crippen molar-refractivity contribution in [2.45, 2.75) is 57.7 Å². The van der Waals surface area contributed by atoms with E-state index in [1.165, 1.54) is 30.7 Å². The van der Waals surface area contributed by atoms with Crippen LogP contribution in [0.1, 0.15) is 49.9 Å². The highest BCUT2D eigenvalue weighted by atomic mass is 35.5. The summed E-state index contributed by atoms with van der Waals surface area (Å²) >= 11 is 6.28. The zero-order valence-corrected chi connectivity index (χ0v) is 24.0. The first-order valence-electron chi connectivity index (χ1n) is 12.7. The van der Waals surface area contributed by atoms with E-state index in [1.807, 2.05) is 7.05 Å². The molecule has 1 aliphatic carbocycles. The van der Waals surface area contributed by atoms with Crippen LogP contribution in [0.2, 0.25) is 5.02 Å². The highest BCUT2D eigenvalue weighted by Gasteiger charge is 2.36. The zero-order valence-electron chi connectivity index (χ0n) is 22.4. The summed E-state index contributed by atoms with van der Waals surface area (Å²) in [7, 11) is 1.55. The van der Waals surface area contributed by atoms with Crippen molar-refractivity contribution in [1.82, 2.24) is 24.5 Å². The fourth-order valence-electron chi connectivity index (χ4n) is 4.87. The van der Waals surface area contributed by atoms with Gasteiger partial charge < -0.3 is 25.0 Å². The number of ether oxygens (including phenoxy) is 2. The van der Waals surface area contributed by atoms with Gasteiger partial charge in [0.2, 0.25) is 21.9 Å². The van der Waals surface area contributed by atoms with E-state index < -0.39 is 27.9 Å². The normalized spacial score (nSPS) is 20.2. The van der Waals surface area contributed by atoms with Crippen molar-refractivity contribution in [2.75, 3.05) is 45.9 Å². The number of carbonyl (C=O) groups excluding carboxylic acids is 1. The number of hydrogen-bond acceptors (Lipinski definition) is 9. The zero-order chi connectivity index (χ0) is 28.3. The molecule has 1 saturated heterocycles. The number of benzene rings is 1. The van der Waals surface area contributed by atoms with Gasteiger partial charge in [-0.15, -0.1) is 0 Å². The summed E-state index contributed by atoms with van der Waals surface area (Å²) in [5, 5.41) is 5.95. The van der Waals surface area contributed by atoms with Gasteiger partial charge in [-0.05, 0) is 58.3 Å². The van der Waals surface area contributed by atoms with E-state index in [9.17, 15) is 13.2 Å². The molecule has 4 rings (SSSR count). The second kappa shape index (κ2) is 13.3. The molecule has 0 radical (unpaired) electrons. The molecule has 1 aromatic carbocycles. The Morgan fingerprint density at radius 2 is 1.93 bits per heavy atom. The van der Waals surface area contributed by atoms with E-state index in [0.717, 1.165) is 44.7 Å². The summed E-state index contributed by atoms with van der Waals surface area (Å²) in [6, 6.07) is 2.10. The van der Waals surface area contributed by atoms with E-state index in [-0.39, 0.29) is 53.4 Å². The van der Waals surface area contributed by atoms with Gasteiger partial charge in [-0.1, -0.05) is 19.0 Å². The van der Waals surface area contributed by atoms with Gasteiger partial charge in [-0.2, -0.15) is 9.29 Å². The molecule has 0 unspecified atom stereocenters. The number of rotatable bonds is 9. The quantitative estimate of drug-likeness (QED) is 0.443. The van der Waals surface area contributed by atoms with Crippen LogP contribution in [0.5, 0.6) is 11.6 Å². The highest BCUT2D eigenvalue weighted by molar-refractivity contribution is 7.88. The average molecular weight is 601 g/mol. The van der Waals surface area contributed by atoms with Crippen molar-refractivity contribution >= 4 is 39.2 Å². The van der Waals surface area contributed by atoms with Crippen molar-refractivity contribution in [3.8, 4) is 11.6 Å². The van der Waals surface area contributed by atoms with Crippen LogP contribution in [0, 0.1) is 5.82 Å². The lowest BCUT2D eigenvalue weighted by Gasteiger charge is -2.29. The number of amides is 1. The molecule has 14 heteroatoms. The van der Waals surface area contributed by atoms with Crippen LogP contribution in [0.4, 0.5) is 16.0 Å². The summed E-state index contributed by atoms with van der Waals surface area (Å²) in [5.41, 5.74) is 0.0781. The van der Waals surface area contributed by atoms with Crippen molar-refractivity contribution in [3.63, 3.8) is 0 Å². The average Bonchev–Trinajstić information content (AvgIpc) is 3.34. The summed E-state index contributed by atoms with van der Waals surface area (Å²) in [4.78, 5) is 23.5. The van der Waals surface area contributed by atoms with E-state index >= 15 is 4.39 Å². The summed E-state index contributed by atoms with van der Waals surface area (Å²) < 4.78 is 51.9. The molecule has 1 aliphatic heterocycles. The number of halogens is 2. The van der Waals surface area contributed by atoms with E-state index in [4.69, 9.17) is 21.1 Å². The number of sulfonamides is 1. The molecule has 2 fully saturated rings. The first-order chi connectivity index (χ1) is 18.5. The molecule has 11 nitrogen and oxygen atoms in total. The Labute approximate surface area is 240 Å². The summed E-state index contributed by atoms with van der Waals surface area (Å²) in [6.07, 6.45) is 5.71. The van der Waals surface area contributed by atoms with E-state index in [2.05, 4.69) is 25.5 Å². The van der Waals surface area contributed by atoms with Gasteiger partial charge in [-0.25, -0.2) is 17.8 Å². The molecule has 2 aromatic rings. The molecule has 2 atom stereocenters. The maximum Gasteiger partial charge on any atom is 0.254 e. The molecule has 2 aliphatic rings. The van der Waals surface area contributed by atoms with Gasteiger partial charge >= 0.3 is 0 Å². The number of likely N-dealkylation sites (N-methyl/N-ethyl adjacent to an activating group) is 1. The minimum absolute atomic E-state index is 0. The molecule has 0 spiro atoms. The van der Waals surface area contributed by atoms with Crippen LogP contribution in [-0.4, -0.2) is 92.2 Å². The molecule has 0 bridgehead atoms. The smallest absolute Gasteiger partial charge is 0.254 e. The SMILES string of the molecule is C.COc1cc(C(=O)NC2CCN(C)CC2)c(F)cc1Nc1ncc(Cl)c(O[C@@H]2CCC[C@H]2N(C)S(C)(=O)=O)n1. The molecular weight excluding hydrogens is 563 g/mol. The lowest BCUT2D eigenvalue weighted by molar-refractivity contribution is 0.0912. The number of aromatic nitrogens is 2. The Kier molecular flexibility index (Phi) is 10.6. The Hall–Kier alpha value is -2.74. The molecule has 1 amide bonds. The number of methoxy groups -OCH3 is 1. The molecule has 2 N–H and O–H groups in total. The maximum atomic E-state index is 15.1. The second-order valence-corrected chi connectivity index (χ2v) is 12.4. The first-order valence-corrected chi connectivity index (χ1v) is 14.9. The van der Waals surface area contributed by atoms with Crippen LogP contribution in [0.25, 0.3) is 0 Å². The molecule has 1 saturated carbocycles. The topological polar surface area (TPSA) is 126 Å². The van der Waals surface area contributed by atoms with Crippen molar-refractivity contribution in [1.29, 1.82) is 0 Å². The third-order valence-electron chi connectivity index (χ3n) is 7.22. The van der Waals surface area contributed by atoms with Gasteiger partial charge in [0.25, 0.3) is 5.91 Å². The van der Waals surface area contributed by atoms with Crippen LogP contribution in [0.3, 0.4) is 0 Å². The standard InChI is InChI=1S/C25H34ClFN6O5S.CH4/c1-32-10-8-15(9-11-32)29-23(34)16-12-22(37-3)19(13-18(16)27)30-25-28-14-17(26)24(31-25)38-21-7-5-6-20(21)33(2)39(4,35)36;/h12-15,20-21H,5-11H2,1-4H3,(H,29,34)(H,28,30,31);1H4/t20-,21-;/m1./s1. The summed E-state index contributed by atoms with van der Waals surface area (Å²) in [6.45, 7) is 1.73. The predicted octanol–water partition coefficient (Wildman–Crippen LogP) is 3.67. The Bertz CT molecular complexity index is 1310. The Balaban J connectivity index is 0.00000441. The third kappa shape index (κ3) is 7.50. The number of likely N-dealkylation sites (tertiary alicyclic amines) is 1. The van der Waals surface area contributed by atoms with E-state index in [0.29, 0.717) is 12.8 Å². The fourth-order valence-corrected chi connectivity index (χ4v) is 5.74. The highest BCUT2D eigenvalue weighted by Crippen LogP contribution is 2.34. The second-order valence-electron chi connectivity index (χ2n) is 9.99. The Morgan fingerprint density at radius 3 is 2.58 bits per heavy atom. The first kappa shape index (κ1) is 31.8. The Morgan fingerprint density at radius 1 is 1.23 bits per heavy atom. The largest absolute Gasteiger partial charge is 0.495 e. The minimum Gasteiger partial charge on any atom is -0.495 e. The number of nitrogens with one attached hydrogen (secondary N) is 2. The molecular formula is C26H38ClFN6O5S. The lowest BCUT2D eigenvalue weighted by atomic mass is 10.0. The minimum atomic E-state index is -3.41. The number of nitrogens with zero attached hydrogens (tertiary/aromatic N) is 4. The number of piperidine rings is 1. The molecule has 2 heterocycles. The molecule has 1 aromatic heterocycles. The molecule has 222 valence electrons. The van der Waals surface area contributed by atoms with Gasteiger partial charge in [0.15, 0.2) is 0 Å². The van der Waals surface area contributed by atoms with Gasteiger partial charge in [-0.3, -0.25) is 4.79 Å². The predicted molar refractivity (Wildman–Crippen MR) is 153 cm³/mol. The lowest BCUT2D eigenvalue weighted by Crippen LogP contribution is -2.43. The van der Waals surface area contributed by atoms with Crippen LogP contribution < -0.4 is 20.1 Å². The van der Waals surface area contributed by atoms with Gasteiger partial charge in [0.05, 0.1) is 36.9 Å². The number of anilines is 2. The van der Waals surface area contributed by atoms with Gasteiger partial charge in [0, 0.05) is 19.2 Å². The van der Waals surface area contributed by atoms with Crippen molar-refractivity contribution in [3.05, 3.63) is 34.7 Å². The third-order valence-corrected chi connectivity index (χ3v) is 8.79. The van der Waals surface area contributed by atoms with Crippen LogP contribution in [-0.2, 0) is 10.0 Å². The number of hydrogen-bond donors (Lipinski definition) is 2. The van der Waals surface area contributed by atoms with Crippen molar-refractivity contribution < 1.29 is 27.1 Å². The van der Waals surface area contributed by atoms with Gasteiger partial charge in [0.1, 0.15) is 22.7 Å². The monoisotopic (exact) mass is 600 g/mol. The number of carbonyl (C=O) groups is 1. The molecule has 40 heavy (non-hydrogen) atoms. The van der Waals surface area contributed by atoms with Crippen LogP contribution >= 0.6 is 11.6 Å². The van der Waals surface area contributed by atoms with Crippen LogP contribution in [0.15, 0.2) is 18.3 Å². The fraction of sp³-hybridized carbons (Fsp3) is 0.577. The maximum absolute atomic E-state index is 15.1. The van der Waals surface area contributed by atoms with Crippen molar-refractivity contribution in [2.24, 2.45) is 0 Å². The summed E-state index contributed by atoms with van der Waals surface area (Å²) in [5.74, 6) is -0.887. The van der Waals surface area contributed by atoms with E-state index in [1.54, 1.807) is 0 Å².